The van der Waals surface area contributed by atoms with Gasteiger partial charge in [-0.3, -0.25) is 9.59 Å². The van der Waals surface area contributed by atoms with Gasteiger partial charge in [-0.15, -0.1) is 0 Å². The summed E-state index contributed by atoms with van der Waals surface area (Å²) >= 11 is 0. The second-order valence-electron chi connectivity index (χ2n) is 9.85. The smallest absolute Gasteiger partial charge is 0.423 e. The monoisotopic (exact) mass is 564 g/mol. The number of carbonyl (C=O) groups is 2. The first-order valence-corrected chi connectivity index (χ1v) is 13.1. The summed E-state index contributed by atoms with van der Waals surface area (Å²) in [5.41, 5.74) is 4.67. The van der Waals surface area contributed by atoms with Gasteiger partial charge in [-0.25, -0.2) is 0 Å². The predicted octanol–water partition coefficient (Wildman–Crippen LogP) is 2.01. The molecule has 12 heteroatoms. The lowest BCUT2D eigenvalue weighted by atomic mass is 9.80. The Hall–Kier alpha value is -4.61. The van der Waals surface area contributed by atoms with E-state index >= 15 is 0 Å². The second kappa shape index (κ2) is 13.8. The maximum absolute atomic E-state index is 12.7. The van der Waals surface area contributed by atoms with Crippen molar-refractivity contribution in [2.75, 3.05) is 14.1 Å². The van der Waals surface area contributed by atoms with Gasteiger partial charge >= 0.3 is 14.2 Å². The van der Waals surface area contributed by atoms with Crippen LogP contribution < -0.4 is 10.9 Å². The Bertz CT molecular complexity index is 1410. The molecule has 0 unspecified atom stereocenters. The van der Waals surface area contributed by atoms with E-state index in [1.165, 1.54) is 24.3 Å². The fourth-order valence-electron chi connectivity index (χ4n) is 4.18. The summed E-state index contributed by atoms with van der Waals surface area (Å²) in [6.45, 7) is 0.770. The van der Waals surface area contributed by atoms with Gasteiger partial charge in [0.2, 0.25) is 0 Å². The van der Waals surface area contributed by atoms with Crippen LogP contribution in [0.3, 0.4) is 0 Å². The Morgan fingerprint density at radius 3 is 1.14 bits per heavy atom. The number of amides is 2. The quantitative estimate of drug-likeness (QED) is 0.171. The number of benzene rings is 4. The molecule has 0 fully saturated rings. The van der Waals surface area contributed by atoms with Crippen LogP contribution in [0.4, 0.5) is 11.4 Å². The molecule has 0 spiro atoms. The number of hydrogen-bond acceptors (Lipinski definition) is 8. The minimum absolute atomic E-state index is 0.186. The molecule has 10 nitrogen and oxygen atoms in total. The molecule has 0 aliphatic carbocycles. The molecule has 0 bridgehead atoms. The number of rotatable bonds is 10. The molecule has 0 aliphatic rings. The van der Waals surface area contributed by atoms with E-state index in [-0.39, 0.29) is 11.8 Å². The Labute approximate surface area is 244 Å². The SMILES string of the molecule is CN(Cc1ccc(N=Nc2ccc(CN(C)C(=O)c3ccc(B(O)O)cc3)cc2)cc1)C(=O)c1ccc(B(O)O)cc1. The third-order valence-corrected chi connectivity index (χ3v) is 6.60. The average molecular weight is 564 g/mol. The molecule has 2 amide bonds. The lowest BCUT2D eigenvalue weighted by Crippen LogP contribution is -2.31. The van der Waals surface area contributed by atoms with Crippen molar-refractivity contribution in [2.45, 2.75) is 13.1 Å². The molecule has 4 aromatic rings. The summed E-state index contributed by atoms with van der Waals surface area (Å²) in [6.07, 6.45) is 0. The van der Waals surface area contributed by atoms with Crippen molar-refractivity contribution >= 4 is 48.4 Å². The summed E-state index contributed by atoms with van der Waals surface area (Å²) in [5, 5.41) is 45.4. The molecule has 0 saturated heterocycles. The third kappa shape index (κ3) is 7.99. The normalized spacial score (nSPS) is 10.9. The molecule has 4 N–H and O–H groups in total. The fourth-order valence-corrected chi connectivity index (χ4v) is 4.18. The van der Waals surface area contributed by atoms with E-state index in [1.54, 1.807) is 48.2 Å². The van der Waals surface area contributed by atoms with E-state index in [9.17, 15) is 29.7 Å². The predicted molar refractivity (Wildman–Crippen MR) is 161 cm³/mol. The molecular weight excluding hydrogens is 534 g/mol. The molecule has 0 heterocycles. The van der Waals surface area contributed by atoms with Crippen LogP contribution in [0.5, 0.6) is 0 Å². The first kappa shape index (κ1) is 30.4. The zero-order valence-corrected chi connectivity index (χ0v) is 23.2. The number of nitrogens with zero attached hydrogens (tertiary/aromatic N) is 4. The van der Waals surface area contributed by atoms with E-state index in [4.69, 9.17) is 0 Å². The molecule has 4 aromatic carbocycles. The van der Waals surface area contributed by atoms with Gasteiger partial charge in [0.25, 0.3) is 11.8 Å². The summed E-state index contributed by atoms with van der Waals surface area (Å²) in [7, 11) is 0.243. The molecule has 0 aliphatic heterocycles. The summed E-state index contributed by atoms with van der Waals surface area (Å²) < 4.78 is 0. The van der Waals surface area contributed by atoms with Gasteiger partial charge < -0.3 is 29.9 Å². The molecular formula is C30H30B2N4O6. The van der Waals surface area contributed by atoms with Crippen molar-refractivity contribution < 1.29 is 29.7 Å². The summed E-state index contributed by atoms with van der Waals surface area (Å²) in [6, 6.07) is 27.0. The molecule has 42 heavy (non-hydrogen) atoms. The first-order valence-electron chi connectivity index (χ1n) is 13.1. The van der Waals surface area contributed by atoms with Crippen LogP contribution in [0.2, 0.25) is 0 Å². The Morgan fingerprint density at radius 1 is 0.548 bits per heavy atom. The number of azo groups is 1. The van der Waals surface area contributed by atoms with E-state index in [2.05, 4.69) is 10.2 Å². The van der Waals surface area contributed by atoms with E-state index in [0.29, 0.717) is 46.5 Å². The van der Waals surface area contributed by atoms with Crippen LogP contribution in [0.15, 0.2) is 107 Å². The van der Waals surface area contributed by atoms with Crippen LogP contribution in [-0.4, -0.2) is 70.0 Å². The Balaban J connectivity index is 1.29. The second-order valence-corrected chi connectivity index (χ2v) is 9.85. The van der Waals surface area contributed by atoms with Gasteiger partial charge in [0.1, 0.15) is 0 Å². The minimum atomic E-state index is -1.58. The van der Waals surface area contributed by atoms with Gasteiger partial charge in [-0.1, -0.05) is 48.5 Å². The molecule has 0 saturated carbocycles. The van der Waals surface area contributed by atoms with Gasteiger partial charge in [0.05, 0.1) is 11.4 Å². The van der Waals surface area contributed by atoms with Crippen molar-refractivity contribution in [1.82, 2.24) is 9.80 Å². The highest BCUT2D eigenvalue weighted by Gasteiger charge is 2.16. The van der Waals surface area contributed by atoms with Crippen LogP contribution >= 0.6 is 0 Å². The first-order chi connectivity index (χ1) is 20.1. The standard InChI is InChI=1S/C30H30B2N4O6/c1-35(29(37)23-7-11-25(12-8-23)31(39)40)19-21-3-15-27(16-4-21)33-34-28-17-5-22(6-18-28)20-36(2)30(38)24-9-13-26(14-10-24)32(41)42/h3-18,39-42H,19-20H2,1-2H3. The molecule has 212 valence electrons. The Kier molecular flexibility index (Phi) is 10.00. The van der Waals surface area contributed by atoms with Crippen LogP contribution in [0.1, 0.15) is 31.8 Å². The van der Waals surface area contributed by atoms with E-state index in [1.807, 2.05) is 48.5 Å². The topological polar surface area (TPSA) is 146 Å². The van der Waals surface area contributed by atoms with E-state index in [0.717, 1.165) is 11.1 Å². The van der Waals surface area contributed by atoms with Gasteiger partial charge in [0.15, 0.2) is 0 Å². The molecule has 4 rings (SSSR count). The highest BCUT2D eigenvalue weighted by molar-refractivity contribution is 6.59. The van der Waals surface area contributed by atoms with Crippen molar-refractivity contribution in [1.29, 1.82) is 0 Å². The number of carbonyl (C=O) groups excluding carboxylic acids is 2. The van der Waals surface area contributed by atoms with Crippen LogP contribution in [-0.2, 0) is 13.1 Å². The van der Waals surface area contributed by atoms with Crippen molar-refractivity contribution in [3.05, 3.63) is 119 Å². The number of hydrogen-bond donors (Lipinski definition) is 4. The largest absolute Gasteiger partial charge is 0.488 e. The minimum Gasteiger partial charge on any atom is -0.423 e. The van der Waals surface area contributed by atoms with Crippen molar-refractivity contribution in [3.8, 4) is 0 Å². The van der Waals surface area contributed by atoms with Gasteiger partial charge in [0, 0.05) is 38.3 Å². The average Bonchev–Trinajstić information content (AvgIpc) is 3.00. The lowest BCUT2D eigenvalue weighted by Gasteiger charge is -2.17. The molecule has 0 aromatic heterocycles. The van der Waals surface area contributed by atoms with Crippen LogP contribution in [0.25, 0.3) is 0 Å². The van der Waals surface area contributed by atoms with Crippen LogP contribution in [0, 0.1) is 0 Å². The summed E-state index contributed by atoms with van der Waals surface area (Å²) in [5.74, 6) is -0.372. The lowest BCUT2D eigenvalue weighted by molar-refractivity contribution is 0.0778. The molecule has 0 radical (unpaired) electrons. The maximum Gasteiger partial charge on any atom is 0.488 e. The van der Waals surface area contributed by atoms with Gasteiger partial charge in [-0.2, -0.15) is 10.2 Å². The fraction of sp³-hybridized carbons (Fsp3) is 0.133. The highest BCUT2D eigenvalue weighted by Crippen LogP contribution is 2.21. The van der Waals surface area contributed by atoms with Gasteiger partial charge in [-0.05, 0) is 70.6 Å². The van der Waals surface area contributed by atoms with Crippen molar-refractivity contribution in [2.24, 2.45) is 10.2 Å². The zero-order valence-electron chi connectivity index (χ0n) is 23.2. The Morgan fingerprint density at radius 2 is 0.857 bits per heavy atom. The van der Waals surface area contributed by atoms with E-state index < -0.39 is 14.2 Å². The molecule has 0 atom stereocenters. The highest BCUT2D eigenvalue weighted by atomic mass is 16.4. The summed E-state index contributed by atoms with van der Waals surface area (Å²) in [4.78, 5) is 28.6. The third-order valence-electron chi connectivity index (χ3n) is 6.60. The maximum atomic E-state index is 12.7. The van der Waals surface area contributed by atoms with Crippen molar-refractivity contribution in [3.63, 3.8) is 0 Å². The zero-order chi connectivity index (χ0) is 30.2.